The number of rotatable bonds is 5. The number of aliphatic hydroxyl groups excluding tert-OH is 2. The topological polar surface area (TPSA) is 100 Å². The van der Waals surface area contributed by atoms with Gasteiger partial charge in [0.25, 0.3) is 0 Å². The summed E-state index contributed by atoms with van der Waals surface area (Å²) in [4.78, 5) is 15.0. The van der Waals surface area contributed by atoms with Gasteiger partial charge in [0.05, 0.1) is 49.3 Å². The van der Waals surface area contributed by atoms with Gasteiger partial charge in [-0.25, -0.2) is 0 Å². The highest BCUT2D eigenvalue weighted by atomic mass is 32.2. The number of furan rings is 1. The average molecular weight is 390 g/mol. The van der Waals surface area contributed by atoms with Crippen LogP contribution >= 0.6 is 0 Å². The van der Waals surface area contributed by atoms with E-state index in [2.05, 4.69) is 0 Å². The van der Waals surface area contributed by atoms with E-state index < -0.39 is 30.0 Å². The van der Waals surface area contributed by atoms with E-state index in [1.165, 1.54) is 0 Å². The third kappa shape index (κ3) is 3.17. The Labute approximate surface area is 160 Å². The molecule has 1 aromatic heterocycles. The van der Waals surface area contributed by atoms with Crippen molar-refractivity contribution >= 4 is 28.2 Å². The third-order valence-electron chi connectivity index (χ3n) is 5.36. The van der Waals surface area contributed by atoms with Crippen LogP contribution in [0.4, 0.5) is 0 Å². The number of hydrogen-bond acceptors (Lipinski definition) is 6. The maximum absolute atomic E-state index is 12.9. The Hall–Kier alpha value is -1.84. The molecule has 0 saturated carbocycles. The number of amides is 1. The van der Waals surface area contributed by atoms with Gasteiger partial charge in [0.15, 0.2) is 4.90 Å². The van der Waals surface area contributed by atoms with Gasteiger partial charge < -0.3 is 24.1 Å². The molecule has 2 aromatic rings. The Morgan fingerprint density at radius 1 is 1.19 bits per heavy atom. The molecule has 1 amide bonds. The summed E-state index contributed by atoms with van der Waals surface area (Å²) in [5.74, 6) is -0.250. The molecule has 0 saturated heterocycles. The van der Waals surface area contributed by atoms with Crippen LogP contribution in [-0.4, -0.2) is 69.3 Å². The Balaban J connectivity index is 1.42. The normalized spacial score (nSPS) is 19.2. The largest absolute Gasteiger partial charge is 0.593 e. The number of aliphatic hydroxyl groups is 2. The summed E-state index contributed by atoms with van der Waals surface area (Å²) in [6.07, 6.45) is 1.61. The number of nitrogens with zero attached hydrogens (tertiary/aromatic N) is 2. The maximum Gasteiger partial charge on any atom is 0.233 e. The Kier molecular flexibility index (Phi) is 4.77. The summed E-state index contributed by atoms with van der Waals surface area (Å²) in [7, 11) is 0. The minimum atomic E-state index is -1.28. The molecule has 0 bridgehead atoms. The third-order valence-corrected chi connectivity index (χ3v) is 6.74. The lowest BCUT2D eigenvalue weighted by atomic mass is 9.91. The fourth-order valence-corrected chi connectivity index (χ4v) is 4.83. The first-order valence-electron chi connectivity index (χ1n) is 8.80. The fraction of sp³-hybridized carbons (Fsp3) is 0.421. The van der Waals surface area contributed by atoms with Crippen molar-refractivity contribution < 1.29 is 24.0 Å². The number of benzene rings is 1. The van der Waals surface area contributed by atoms with Gasteiger partial charge in [0.1, 0.15) is 5.58 Å². The molecule has 0 fully saturated rings. The molecule has 0 aliphatic carbocycles. The molecule has 27 heavy (non-hydrogen) atoms. The zero-order valence-electron chi connectivity index (χ0n) is 15.1. The van der Waals surface area contributed by atoms with E-state index in [-0.39, 0.29) is 5.91 Å². The first-order valence-corrected chi connectivity index (χ1v) is 9.91. The van der Waals surface area contributed by atoms with Crippen LogP contribution in [0.1, 0.15) is 6.92 Å². The second-order valence-corrected chi connectivity index (χ2v) is 8.90. The van der Waals surface area contributed by atoms with Crippen LogP contribution in [0.5, 0.6) is 0 Å². The Bertz CT molecular complexity index is 886. The van der Waals surface area contributed by atoms with Crippen LogP contribution in [0, 0.1) is 5.41 Å². The van der Waals surface area contributed by atoms with Gasteiger partial charge in [-0.3, -0.25) is 4.79 Å². The van der Waals surface area contributed by atoms with Crippen molar-refractivity contribution in [3.63, 3.8) is 0 Å². The van der Waals surface area contributed by atoms with E-state index in [0.29, 0.717) is 26.2 Å². The van der Waals surface area contributed by atoms with Gasteiger partial charge in [0, 0.05) is 24.5 Å². The smallest absolute Gasteiger partial charge is 0.233 e. The van der Waals surface area contributed by atoms with Gasteiger partial charge in [-0.15, -0.1) is 4.31 Å². The monoisotopic (exact) mass is 390 g/mol. The zero-order chi connectivity index (χ0) is 19.2. The van der Waals surface area contributed by atoms with E-state index >= 15 is 0 Å². The molecule has 1 unspecified atom stereocenters. The van der Waals surface area contributed by atoms with Crippen molar-refractivity contribution in [1.29, 1.82) is 0 Å². The summed E-state index contributed by atoms with van der Waals surface area (Å²) in [5.41, 5.74) is 1.80. The lowest BCUT2D eigenvalue weighted by Gasteiger charge is -2.30. The minimum absolute atomic E-state index is 0.250. The van der Waals surface area contributed by atoms with E-state index in [0.717, 1.165) is 27.0 Å². The van der Waals surface area contributed by atoms with Crippen LogP contribution < -0.4 is 0 Å². The van der Waals surface area contributed by atoms with Crippen molar-refractivity contribution in [1.82, 2.24) is 9.21 Å². The van der Waals surface area contributed by atoms with E-state index in [9.17, 15) is 19.6 Å². The lowest BCUT2D eigenvalue weighted by molar-refractivity contribution is -0.144. The predicted octanol–water partition coefficient (Wildman–Crippen LogP) is 0.901. The molecule has 144 valence electrons. The van der Waals surface area contributed by atoms with Crippen LogP contribution in [0.15, 0.2) is 51.0 Å². The first-order chi connectivity index (χ1) is 12.9. The molecule has 1 atom stereocenters. The van der Waals surface area contributed by atoms with Crippen molar-refractivity contribution in [2.75, 3.05) is 39.4 Å². The van der Waals surface area contributed by atoms with E-state index in [4.69, 9.17) is 4.42 Å². The standard InChI is InChI=1S/C19H22N2O5S/c1-19(11-22,12-23)18(24)20-7-14-9-21(10-15(14)8-20)27(25)16-2-3-17-13(6-16)4-5-26-17/h2-6,22-23H,7-12H2,1H3. The molecule has 2 aliphatic rings. The number of hydrogen-bond donors (Lipinski definition) is 2. The highest BCUT2D eigenvalue weighted by molar-refractivity contribution is 7.89. The fourth-order valence-electron chi connectivity index (χ4n) is 3.58. The molecule has 7 nitrogen and oxygen atoms in total. The van der Waals surface area contributed by atoms with Gasteiger partial charge in [-0.05, 0) is 36.3 Å². The molecule has 2 aliphatic heterocycles. The van der Waals surface area contributed by atoms with Gasteiger partial charge in [0.2, 0.25) is 5.91 Å². The van der Waals surface area contributed by atoms with Crippen molar-refractivity contribution in [2.24, 2.45) is 5.41 Å². The summed E-state index contributed by atoms with van der Waals surface area (Å²) < 4.78 is 20.2. The van der Waals surface area contributed by atoms with Crippen molar-refractivity contribution in [3.05, 3.63) is 41.7 Å². The minimum Gasteiger partial charge on any atom is -0.593 e. The summed E-state index contributed by atoms with van der Waals surface area (Å²) in [6, 6.07) is 7.36. The average Bonchev–Trinajstić information content (AvgIpc) is 3.39. The molecule has 3 heterocycles. The second-order valence-electron chi connectivity index (χ2n) is 7.41. The second kappa shape index (κ2) is 6.96. The molecule has 0 radical (unpaired) electrons. The summed E-state index contributed by atoms with van der Waals surface area (Å²) >= 11 is -1.28. The summed E-state index contributed by atoms with van der Waals surface area (Å²) in [5, 5.41) is 19.8. The molecular weight excluding hydrogens is 368 g/mol. The van der Waals surface area contributed by atoms with Gasteiger partial charge in [-0.2, -0.15) is 0 Å². The molecule has 1 aromatic carbocycles. The van der Waals surface area contributed by atoms with Crippen LogP contribution in [0.25, 0.3) is 11.0 Å². The molecule has 8 heteroatoms. The van der Waals surface area contributed by atoms with Gasteiger partial charge in [-0.1, -0.05) is 0 Å². The molecule has 2 N–H and O–H groups in total. The van der Waals surface area contributed by atoms with Gasteiger partial charge >= 0.3 is 0 Å². The van der Waals surface area contributed by atoms with E-state index in [1.807, 2.05) is 28.6 Å². The first kappa shape index (κ1) is 18.5. The number of carbonyl (C=O) groups is 1. The quantitative estimate of drug-likeness (QED) is 0.581. The Morgan fingerprint density at radius 3 is 2.48 bits per heavy atom. The van der Waals surface area contributed by atoms with E-state index in [1.54, 1.807) is 18.1 Å². The molecule has 4 rings (SSSR count). The number of fused-ring (bicyclic) bond motifs is 1. The lowest BCUT2D eigenvalue weighted by Crippen LogP contribution is -2.47. The van der Waals surface area contributed by atoms with Crippen molar-refractivity contribution in [2.45, 2.75) is 11.8 Å². The highest BCUT2D eigenvalue weighted by Crippen LogP contribution is 2.32. The van der Waals surface area contributed by atoms with Crippen LogP contribution in [0.2, 0.25) is 0 Å². The van der Waals surface area contributed by atoms with Crippen LogP contribution in [-0.2, 0) is 16.2 Å². The molecular formula is C19H22N2O5S. The zero-order valence-corrected chi connectivity index (χ0v) is 15.9. The predicted molar refractivity (Wildman–Crippen MR) is 100 cm³/mol. The maximum atomic E-state index is 12.9. The Morgan fingerprint density at radius 2 is 1.85 bits per heavy atom. The van der Waals surface area contributed by atoms with Crippen LogP contribution in [0.3, 0.4) is 0 Å². The SMILES string of the molecule is CC(CO)(CO)C(=O)N1CC2=C(C1)CN([S+]([O-])c1ccc3occc3c1)C2. The number of carbonyl (C=O) groups excluding carboxylic acids is 1. The van der Waals surface area contributed by atoms with Crippen molar-refractivity contribution in [3.8, 4) is 0 Å². The molecule has 0 spiro atoms. The highest BCUT2D eigenvalue weighted by Gasteiger charge is 2.42. The summed E-state index contributed by atoms with van der Waals surface area (Å²) in [6.45, 7) is 2.78.